The zero-order valence-electron chi connectivity index (χ0n) is 37.6. The topological polar surface area (TPSA) is 167 Å². The number of aliphatic hydroxyl groups is 2. The average molecular weight is 846 g/mol. The number of ketones is 1. The fraction of sp³-hybridized carbons (Fsp3) is 0.625. The van der Waals surface area contributed by atoms with Crippen LogP contribution in [0.25, 0.3) is 0 Å². The van der Waals surface area contributed by atoms with Crippen molar-refractivity contribution in [1.29, 1.82) is 0 Å². The first kappa shape index (κ1) is 44.9. The first-order valence-corrected chi connectivity index (χ1v) is 21.4. The molecule has 2 heterocycles. The van der Waals surface area contributed by atoms with Crippen LogP contribution in [0.1, 0.15) is 120 Å². The molecule has 2 saturated carbocycles. The van der Waals surface area contributed by atoms with Crippen molar-refractivity contribution in [3.8, 4) is 0 Å². The molecule has 5 aliphatic rings. The minimum Gasteiger partial charge on any atom is -0.456 e. The van der Waals surface area contributed by atoms with Gasteiger partial charge in [0.25, 0.3) is 0 Å². The second-order valence-corrected chi connectivity index (χ2v) is 20.5. The number of carbonyl (C=O) groups excluding carboxylic acids is 4. The molecule has 0 spiro atoms. The number of carbonyl (C=O) groups is 4. The zero-order chi connectivity index (χ0) is 44.9. The maximum Gasteiger partial charge on any atom is 0.413 e. The van der Waals surface area contributed by atoms with E-state index in [2.05, 4.69) is 0 Å². The molecule has 7 rings (SSSR count). The highest BCUT2D eigenvalue weighted by atomic mass is 16.6. The van der Waals surface area contributed by atoms with Crippen LogP contribution in [0.2, 0.25) is 0 Å². The maximum atomic E-state index is 15.2. The molecule has 10 atom stereocenters. The van der Waals surface area contributed by atoms with E-state index in [0.717, 1.165) is 5.56 Å². The molecule has 4 fully saturated rings. The van der Waals surface area contributed by atoms with Gasteiger partial charge in [0.15, 0.2) is 17.5 Å². The van der Waals surface area contributed by atoms with Crippen molar-refractivity contribution >= 4 is 23.8 Å². The van der Waals surface area contributed by atoms with E-state index in [1.54, 1.807) is 79.7 Å². The first-order valence-electron chi connectivity index (χ1n) is 21.4. The predicted octanol–water partition coefficient (Wildman–Crippen LogP) is 6.87. The number of rotatable bonds is 7. The van der Waals surface area contributed by atoms with E-state index in [4.69, 9.17) is 28.4 Å². The number of ether oxygens (including phenoxy) is 6. The van der Waals surface area contributed by atoms with E-state index in [-0.39, 0.29) is 37.2 Å². The monoisotopic (exact) mass is 845 g/mol. The Morgan fingerprint density at radius 3 is 2.08 bits per heavy atom. The molecule has 0 unspecified atom stereocenters. The van der Waals surface area contributed by atoms with Crippen molar-refractivity contribution in [2.24, 2.45) is 16.7 Å². The predicted molar refractivity (Wildman–Crippen MR) is 223 cm³/mol. The largest absolute Gasteiger partial charge is 0.456 e. The summed E-state index contributed by atoms with van der Waals surface area (Å²) in [5, 5.41) is 26.4. The van der Waals surface area contributed by atoms with E-state index < -0.39 is 99.5 Å². The van der Waals surface area contributed by atoms with Crippen LogP contribution in [-0.2, 0) is 48.4 Å². The third-order valence-corrected chi connectivity index (χ3v) is 14.2. The number of Topliss-reactive ketones (excluding diaryl/α,β-unsaturated/α-hetero) is 1. The lowest BCUT2D eigenvalue weighted by atomic mass is 9.45. The van der Waals surface area contributed by atoms with Gasteiger partial charge in [0.1, 0.15) is 35.2 Å². The molecule has 0 aromatic heterocycles. The molecule has 61 heavy (non-hydrogen) atoms. The third kappa shape index (κ3) is 7.31. The van der Waals surface area contributed by atoms with E-state index in [1.165, 1.54) is 11.8 Å². The van der Waals surface area contributed by atoms with E-state index >= 15 is 4.79 Å². The fourth-order valence-corrected chi connectivity index (χ4v) is 11.2. The summed E-state index contributed by atoms with van der Waals surface area (Å²) in [6.45, 7) is 20.7. The van der Waals surface area contributed by atoms with Crippen LogP contribution in [0.4, 0.5) is 4.79 Å². The molecule has 0 radical (unpaired) electrons. The van der Waals surface area contributed by atoms with Gasteiger partial charge in [0.2, 0.25) is 0 Å². The number of benzene rings is 2. The number of aliphatic hydroxyl groups excluding tert-OH is 1. The van der Waals surface area contributed by atoms with Gasteiger partial charge in [-0.05, 0) is 72.1 Å². The van der Waals surface area contributed by atoms with Crippen LogP contribution in [0.3, 0.4) is 0 Å². The summed E-state index contributed by atoms with van der Waals surface area (Å²) < 4.78 is 37.8. The van der Waals surface area contributed by atoms with Crippen LogP contribution in [0, 0.1) is 16.7 Å². The highest BCUT2D eigenvalue weighted by molar-refractivity contribution is 5.99. The number of fused-ring (bicyclic) bond motifs is 5. The standard InChI is InChI=1S/C48H63NO12/c1-27-32(57-40(53)37-36(29-19-15-13-16-20-29)49(45(10,11)60-37)41(54)61-42(3,4)5)25-48(55)39(52)38-46(12,24-31(51)35(27)43(48,6)7)33(23-34-47(38,26-56-34)58-28(2)50)59-44(8,9)30-21-17-14-18-22-30/h13-22,32-34,36-39,52,55H,23-26H2,1-12H3/t32-,33-,34+,36+,37+,38-,39-,46+,47-,48+/m0/s1. The highest BCUT2D eigenvalue weighted by Gasteiger charge is 2.75. The summed E-state index contributed by atoms with van der Waals surface area (Å²) in [5.74, 6) is -2.81. The summed E-state index contributed by atoms with van der Waals surface area (Å²) in [7, 11) is 0. The second-order valence-electron chi connectivity index (χ2n) is 20.5. The Bertz CT molecular complexity index is 2090. The van der Waals surface area contributed by atoms with Gasteiger partial charge in [-0.2, -0.15) is 0 Å². The molecular formula is C48H63NO12. The summed E-state index contributed by atoms with van der Waals surface area (Å²) in [6.07, 6.45) is -6.48. The van der Waals surface area contributed by atoms with Crippen molar-refractivity contribution < 1.29 is 57.8 Å². The Labute approximate surface area is 359 Å². The Balaban J connectivity index is 1.30. The number of hydrogen-bond acceptors (Lipinski definition) is 12. The van der Waals surface area contributed by atoms with Crippen molar-refractivity contribution in [2.45, 2.75) is 167 Å². The second kappa shape index (κ2) is 15.0. The van der Waals surface area contributed by atoms with Gasteiger partial charge >= 0.3 is 18.0 Å². The van der Waals surface area contributed by atoms with Crippen molar-refractivity contribution in [1.82, 2.24) is 4.90 Å². The third-order valence-electron chi connectivity index (χ3n) is 14.2. The fourth-order valence-electron chi connectivity index (χ4n) is 11.2. The summed E-state index contributed by atoms with van der Waals surface area (Å²) in [5.41, 5.74) is -6.96. The SMILES string of the molecule is CC(=O)O[C@@]12CO[C@@H]1C[C@H](OC(C)(C)c1ccccc1)[C@@]1(C)CC(=O)C3=C(C)[C@@H](OC(=O)[C@@H]4OC(C)(C)N(C(=O)OC(C)(C)C)[C@@H]4c4ccccc4)C[C@@](O)([C@@H](O)[C@@H]12)C3(C)C. The van der Waals surface area contributed by atoms with Gasteiger partial charge in [-0.25, -0.2) is 9.59 Å². The Morgan fingerprint density at radius 1 is 0.918 bits per heavy atom. The quantitative estimate of drug-likeness (QED) is 0.220. The minimum absolute atomic E-state index is 0.0575. The average Bonchev–Trinajstić information content (AvgIpc) is 3.44. The Morgan fingerprint density at radius 2 is 1.52 bits per heavy atom. The van der Waals surface area contributed by atoms with Gasteiger partial charge in [-0.15, -0.1) is 0 Å². The van der Waals surface area contributed by atoms with Crippen molar-refractivity contribution in [2.75, 3.05) is 6.61 Å². The zero-order valence-corrected chi connectivity index (χ0v) is 37.6. The van der Waals surface area contributed by atoms with Crippen LogP contribution in [0.15, 0.2) is 71.8 Å². The van der Waals surface area contributed by atoms with Crippen molar-refractivity contribution in [3.63, 3.8) is 0 Å². The molecule has 2 N–H and O–H groups in total. The van der Waals surface area contributed by atoms with Gasteiger partial charge in [0, 0.05) is 48.5 Å². The molecule has 13 heteroatoms. The Kier molecular flexibility index (Phi) is 11.0. The van der Waals surface area contributed by atoms with Gasteiger partial charge in [0.05, 0.1) is 24.4 Å². The van der Waals surface area contributed by atoms with Gasteiger partial charge < -0.3 is 38.6 Å². The molecule has 2 aliphatic heterocycles. The van der Waals surface area contributed by atoms with E-state index in [0.29, 0.717) is 11.1 Å². The lowest BCUT2D eigenvalue weighted by Crippen LogP contribution is -2.80. The Hall–Kier alpha value is -4.14. The van der Waals surface area contributed by atoms with Crippen LogP contribution in [-0.4, -0.2) is 98.6 Å². The number of esters is 2. The molecule has 2 aromatic carbocycles. The molecule has 13 nitrogen and oxygen atoms in total. The number of nitrogens with zero attached hydrogens (tertiary/aromatic N) is 1. The molecule has 1 amide bonds. The molecular weight excluding hydrogens is 783 g/mol. The molecule has 3 aliphatic carbocycles. The van der Waals surface area contributed by atoms with Crippen LogP contribution < -0.4 is 0 Å². The van der Waals surface area contributed by atoms with E-state index in [1.807, 2.05) is 57.2 Å². The lowest BCUT2D eigenvalue weighted by molar-refractivity contribution is -0.359. The van der Waals surface area contributed by atoms with Crippen LogP contribution in [0.5, 0.6) is 0 Å². The molecule has 2 saturated heterocycles. The first-order chi connectivity index (χ1) is 28.2. The van der Waals surface area contributed by atoms with Gasteiger partial charge in [-0.3, -0.25) is 14.5 Å². The number of amides is 1. The summed E-state index contributed by atoms with van der Waals surface area (Å²) in [6, 6.07) is 17.7. The van der Waals surface area contributed by atoms with E-state index in [9.17, 15) is 24.6 Å². The summed E-state index contributed by atoms with van der Waals surface area (Å²) in [4.78, 5) is 58.0. The lowest BCUT2D eigenvalue weighted by Gasteiger charge is -2.68. The number of hydrogen-bond donors (Lipinski definition) is 2. The molecule has 2 bridgehead atoms. The molecule has 332 valence electrons. The van der Waals surface area contributed by atoms with Crippen LogP contribution >= 0.6 is 0 Å². The minimum atomic E-state index is -2.13. The molecule has 2 aromatic rings. The van der Waals surface area contributed by atoms with Crippen molar-refractivity contribution in [3.05, 3.63) is 82.9 Å². The maximum absolute atomic E-state index is 15.2. The normalized spacial score (nSPS) is 35.5. The van der Waals surface area contributed by atoms with Gasteiger partial charge in [-0.1, -0.05) is 81.4 Å². The highest BCUT2D eigenvalue weighted by Crippen LogP contribution is 2.64. The summed E-state index contributed by atoms with van der Waals surface area (Å²) >= 11 is 0. The smallest absolute Gasteiger partial charge is 0.413 e.